The minimum absolute atomic E-state index is 0. The molecular weight excluding hydrogens is 407 g/mol. The Bertz CT molecular complexity index is 740. The second kappa shape index (κ2) is 8.98. The molecule has 1 aromatic heterocycles. The van der Waals surface area contributed by atoms with Crippen molar-refractivity contribution < 1.29 is 4.79 Å². The number of thiophene rings is 1. The van der Waals surface area contributed by atoms with Gasteiger partial charge in [-0.1, -0.05) is 12.1 Å². The van der Waals surface area contributed by atoms with E-state index in [0.29, 0.717) is 12.2 Å². The number of hydrogen-bond acceptors (Lipinski definition) is 5. The van der Waals surface area contributed by atoms with Gasteiger partial charge in [0.25, 0.3) is 0 Å². The third-order valence-corrected chi connectivity index (χ3v) is 7.82. The van der Waals surface area contributed by atoms with Gasteiger partial charge in [-0.15, -0.1) is 47.9 Å². The highest BCUT2D eigenvalue weighted by Gasteiger charge is 2.42. The van der Waals surface area contributed by atoms with Gasteiger partial charge in [0.1, 0.15) is 0 Å². The number of carbonyl (C=O) groups excluding carboxylic acids is 1. The molecule has 3 nitrogen and oxygen atoms in total. The number of nitrogens with zero attached hydrogens (tertiary/aromatic N) is 1. The third kappa shape index (κ3) is 4.57. The van der Waals surface area contributed by atoms with Gasteiger partial charge in [-0.25, -0.2) is 0 Å². The van der Waals surface area contributed by atoms with E-state index in [1.165, 1.54) is 9.77 Å². The van der Waals surface area contributed by atoms with Crippen LogP contribution in [0.15, 0.2) is 39.9 Å². The van der Waals surface area contributed by atoms with Crippen molar-refractivity contribution in [2.75, 3.05) is 25.4 Å². The fourth-order valence-corrected chi connectivity index (χ4v) is 6.44. The summed E-state index contributed by atoms with van der Waals surface area (Å²) in [5.41, 5.74) is 8.87. The number of nitrogens with two attached hydrogens (primary N) is 1. The molecule has 1 aromatic carbocycles. The quantitative estimate of drug-likeness (QED) is 0.700. The van der Waals surface area contributed by atoms with Gasteiger partial charge >= 0.3 is 0 Å². The van der Waals surface area contributed by atoms with E-state index in [-0.39, 0.29) is 29.6 Å². The molecule has 0 radical (unpaired) electrons. The highest BCUT2D eigenvalue weighted by atomic mass is 35.5. The molecule has 2 aliphatic heterocycles. The van der Waals surface area contributed by atoms with E-state index in [2.05, 4.69) is 22.4 Å². The fraction of sp³-hybridized carbons (Fsp3) is 0.421. The largest absolute Gasteiger partial charge is 0.399 e. The van der Waals surface area contributed by atoms with E-state index in [9.17, 15) is 4.79 Å². The fourth-order valence-electron chi connectivity index (χ4n) is 3.64. The van der Waals surface area contributed by atoms with E-state index < -0.39 is 0 Å². The number of benzene rings is 1. The summed E-state index contributed by atoms with van der Waals surface area (Å²) in [6.07, 6.45) is 4.01. The lowest BCUT2D eigenvalue weighted by Crippen LogP contribution is -2.45. The number of halogens is 2. The van der Waals surface area contributed by atoms with Crippen LogP contribution in [0.4, 0.5) is 5.69 Å². The van der Waals surface area contributed by atoms with E-state index in [1.807, 2.05) is 30.0 Å². The number of fused-ring (bicyclic) bond motifs is 1. The maximum atomic E-state index is 12.4. The number of likely N-dealkylation sites (tertiary alicyclic amines) is 1. The van der Waals surface area contributed by atoms with Crippen LogP contribution in [0.3, 0.4) is 0 Å². The molecule has 2 aliphatic rings. The van der Waals surface area contributed by atoms with Crippen LogP contribution in [0.25, 0.3) is 0 Å². The number of carbonyl (C=O) groups is 1. The van der Waals surface area contributed by atoms with Crippen molar-refractivity contribution in [1.82, 2.24) is 4.90 Å². The van der Waals surface area contributed by atoms with E-state index in [1.54, 1.807) is 11.3 Å². The summed E-state index contributed by atoms with van der Waals surface area (Å²) in [6.45, 7) is 3.27. The summed E-state index contributed by atoms with van der Waals surface area (Å²) in [7, 11) is 0. The number of piperidine rings is 1. The Morgan fingerprint density at radius 3 is 2.46 bits per heavy atom. The first-order valence-electron chi connectivity index (χ1n) is 8.50. The first-order valence-corrected chi connectivity index (χ1v) is 10.2. The highest BCUT2D eigenvalue weighted by Crippen LogP contribution is 2.50. The number of nitrogen functional groups attached to an aromatic ring is 1. The number of thioether (sulfide) groups is 1. The average molecular weight is 431 g/mol. The molecule has 1 spiro atoms. The highest BCUT2D eigenvalue weighted by molar-refractivity contribution is 8.02. The Morgan fingerprint density at radius 1 is 1.08 bits per heavy atom. The van der Waals surface area contributed by atoms with Crippen molar-refractivity contribution in [2.45, 2.75) is 34.6 Å². The maximum Gasteiger partial charge on any atom is 0.166 e. The van der Waals surface area contributed by atoms with Crippen LogP contribution in [-0.2, 0) is 6.42 Å². The van der Waals surface area contributed by atoms with Gasteiger partial charge in [0.05, 0.1) is 4.21 Å². The predicted molar refractivity (Wildman–Crippen MR) is 117 cm³/mol. The summed E-state index contributed by atoms with van der Waals surface area (Å²) in [5, 5.41) is 2.05. The number of ketones is 1. The molecule has 1 saturated heterocycles. The summed E-state index contributed by atoms with van der Waals surface area (Å²) < 4.78 is 1.38. The smallest absolute Gasteiger partial charge is 0.166 e. The third-order valence-electron chi connectivity index (χ3n) is 5.19. The zero-order valence-corrected chi connectivity index (χ0v) is 17.7. The van der Waals surface area contributed by atoms with Gasteiger partial charge in [0, 0.05) is 29.0 Å². The van der Waals surface area contributed by atoms with Crippen molar-refractivity contribution in [2.24, 2.45) is 0 Å². The lowest BCUT2D eigenvalue weighted by molar-refractivity contribution is 0.0939. The molecule has 0 amide bonds. The molecule has 142 valence electrons. The number of Topliss-reactive ketones (excluding diaryl/α,β-unsaturated/α-hetero) is 1. The SMILES string of the molecule is Cl.Cl.Nc1ccc(CCN2CCC3(CC2)CC(=O)c2ccsc2S3)cc1. The monoisotopic (exact) mass is 430 g/mol. The number of hydrogen-bond donors (Lipinski definition) is 1. The molecule has 1 fully saturated rings. The van der Waals surface area contributed by atoms with Gasteiger partial charge in [-0.3, -0.25) is 4.79 Å². The standard InChI is InChI=1S/C19H22N2OS2.2ClH/c20-15-3-1-14(2-4-15)5-9-21-10-7-19(8-11-21)13-17(22)16-6-12-23-18(16)24-19;;/h1-4,6,12H,5,7-11,13,20H2;2*1H. The van der Waals surface area contributed by atoms with Gasteiger partial charge in [-0.05, 0) is 61.5 Å². The van der Waals surface area contributed by atoms with Crippen LogP contribution >= 0.6 is 47.9 Å². The van der Waals surface area contributed by atoms with Crippen LogP contribution in [0.5, 0.6) is 0 Å². The Labute approximate surface area is 175 Å². The van der Waals surface area contributed by atoms with Gasteiger partial charge in [0.2, 0.25) is 0 Å². The lowest BCUT2D eigenvalue weighted by Gasteiger charge is -2.42. The Balaban J connectivity index is 0.00000121. The second-order valence-corrected chi connectivity index (χ2v) is 9.49. The van der Waals surface area contributed by atoms with E-state index in [0.717, 1.165) is 50.1 Å². The number of anilines is 1. The van der Waals surface area contributed by atoms with Gasteiger partial charge < -0.3 is 10.6 Å². The first-order chi connectivity index (χ1) is 11.6. The van der Waals surface area contributed by atoms with Gasteiger partial charge in [-0.2, -0.15) is 0 Å². The molecule has 0 bridgehead atoms. The molecule has 2 N–H and O–H groups in total. The molecule has 2 aromatic rings. The molecule has 0 aliphatic carbocycles. The molecule has 0 atom stereocenters. The van der Waals surface area contributed by atoms with Crippen molar-refractivity contribution in [1.29, 1.82) is 0 Å². The normalized spacial score (nSPS) is 18.7. The topological polar surface area (TPSA) is 46.3 Å². The summed E-state index contributed by atoms with van der Waals surface area (Å²) in [6, 6.07) is 10.2. The molecule has 0 unspecified atom stereocenters. The van der Waals surface area contributed by atoms with E-state index in [4.69, 9.17) is 5.73 Å². The minimum Gasteiger partial charge on any atom is -0.399 e. The van der Waals surface area contributed by atoms with Crippen LogP contribution in [0, 0.1) is 0 Å². The van der Waals surface area contributed by atoms with Crippen LogP contribution in [0.2, 0.25) is 0 Å². The molecule has 4 rings (SSSR count). The molecule has 0 saturated carbocycles. The second-order valence-electron chi connectivity index (χ2n) is 6.84. The Morgan fingerprint density at radius 2 is 1.77 bits per heavy atom. The van der Waals surface area contributed by atoms with Crippen molar-refractivity contribution in [3.63, 3.8) is 0 Å². The maximum absolute atomic E-state index is 12.4. The van der Waals surface area contributed by atoms with Crippen LogP contribution in [-0.4, -0.2) is 35.1 Å². The first kappa shape index (κ1) is 21.6. The molecular formula is C19H24Cl2N2OS2. The predicted octanol–water partition coefficient (Wildman–Crippen LogP) is 4.93. The zero-order chi connectivity index (χ0) is 16.6. The van der Waals surface area contributed by atoms with Crippen molar-refractivity contribution >= 4 is 59.4 Å². The lowest BCUT2D eigenvalue weighted by atomic mass is 9.88. The molecule has 3 heterocycles. The van der Waals surface area contributed by atoms with Crippen LogP contribution < -0.4 is 5.73 Å². The van der Waals surface area contributed by atoms with Gasteiger partial charge in [0.15, 0.2) is 5.78 Å². The van der Waals surface area contributed by atoms with Crippen molar-refractivity contribution in [3.8, 4) is 0 Å². The van der Waals surface area contributed by atoms with Crippen molar-refractivity contribution in [3.05, 3.63) is 46.8 Å². The molecule has 26 heavy (non-hydrogen) atoms. The summed E-state index contributed by atoms with van der Waals surface area (Å²) in [5.74, 6) is 0.348. The zero-order valence-electron chi connectivity index (χ0n) is 14.5. The summed E-state index contributed by atoms with van der Waals surface area (Å²) >= 11 is 3.69. The summed E-state index contributed by atoms with van der Waals surface area (Å²) in [4.78, 5) is 14.9. The van der Waals surface area contributed by atoms with Crippen LogP contribution in [0.1, 0.15) is 35.2 Å². The molecule has 7 heteroatoms. The minimum atomic E-state index is 0. The van der Waals surface area contributed by atoms with E-state index >= 15 is 0 Å². The average Bonchev–Trinajstić information content (AvgIpc) is 3.04. The Hall–Kier alpha value is -0.720. The Kier molecular flexibility index (Phi) is 7.45. The number of rotatable bonds is 3.